The first kappa shape index (κ1) is 15.8. The second-order valence-electron chi connectivity index (χ2n) is 4.06. The van der Waals surface area contributed by atoms with E-state index in [9.17, 15) is 13.2 Å². The lowest BCUT2D eigenvalue weighted by Gasteiger charge is -2.10. The van der Waals surface area contributed by atoms with Crippen LogP contribution in [0.15, 0.2) is 33.9 Å². The number of halogens is 2. The Morgan fingerprint density at radius 1 is 1.43 bits per heavy atom. The predicted molar refractivity (Wildman–Crippen MR) is 80.1 cm³/mol. The number of benzene rings is 1. The molecule has 112 valence electrons. The average Bonchev–Trinajstić information content (AvgIpc) is 2.68. The summed E-state index contributed by atoms with van der Waals surface area (Å²) in [5.41, 5.74) is 0.0391. The quantitative estimate of drug-likeness (QED) is 0.829. The number of aromatic nitrogens is 2. The molecule has 0 spiro atoms. The van der Waals surface area contributed by atoms with Crippen LogP contribution in [0.3, 0.4) is 0 Å². The van der Waals surface area contributed by atoms with Gasteiger partial charge in [-0.1, -0.05) is 27.5 Å². The van der Waals surface area contributed by atoms with Gasteiger partial charge in [-0.25, -0.2) is 4.79 Å². The van der Waals surface area contributed by atoms with Crippen LogP contribution >= 0.6 is 27.5 Å². The molecule has 0 amide bonds. The van der Waals surface area contributed by atoms with Gasteiger partial charge in [0.25, 0.3) is 10.0 Å². The van der Waals surface area contributed by atoms with Crippen LogP contribution in [0.25, 0.3) is 0 Å². The van der Waals surface area contributed by atoms with E-state index in [-0.39, 0.29) is 21.3 Å². The first-order chi connectivity index (χ1) is 9.70. The fraction of sp³-hybridized carbons (Fsp3) is 0.0909. The number of carbonyl (C=O) groups is 1. The minimum Gasteiger partial charge on any atom is -0.478 e. The maximum atomic E-state index is 12.3. The van der Waals surface area contributed by atoms with Crippen molar-refractivity contribution in [1.82, 2.24) is 9.78 Å². The van der Waals surface area contributed by atoms with Crippen LogP contribution in [0.2, 0.25) is 5.02 Å². The summed E-state index contributed by atoms with van der Waals surface area (Å²) >= 11 is 8.93. The molecule has 2 rings (SSSR count). The number of hydrogen-bond donors (Lipinski definition) is 2. The molecule has 0 aliphatic carbocycles. The zero-order valence-electron chi connectivity index (χ0n) is 10.5. The molecule has 7 nitrogen and oxygen atoms in total. The molecule has 0 bridgehead atoms. The monoisotopic (exact) mass is 393 g/mol. The molecule has 0 unspecified atom stereocenters. The number of carboxylic acid groups (broad SMARTS) is 1. The van der Waals surface area contributed by atoms with E-state index in [2.05, 4.69) is 25.8 Å². The highest BCUT2D eigenvalue weighted by Gasteiger charge is 2.23. The standard InChI is InChI=1S/C11H9BrClN3O4S/c1-16-10(9(13)5-14-16)21(19,20)15-8-3-6(11(17)18)2-7(12)4-8/h2-5,15H,1H3,(H,17,18). The minimum absolute atomic E-state index is 0.0292. The van der Waals surface area contributed by atoms with Crippen molar-refractivity contribution < 1.29 is 18.3 Å². The third-order valence-corrected chi connectivity index (χ3v) is 4.84. The first-order valence-corrected chi connectivity index (χ1v) is 8.10. The molecule has 0 aliphatic rings. The van der Waals surface area contributed by atoms with Crippen molar-refractivity contribution in [3.05, 3.63) is 39.5 Å². The lowest BCUT2D eigenvalue weighted by molar-refractivity contribution is 0.0697. The molecule has 2 aromatic rings. The Morgan fingerprint density at radius 2 is 2.10 bits per heavy atom. The number of nitrogens with one attached hydrogen (secondary N) is 1. The molecular formula is C11H9BrClN3O4S. The normalized spacial score (nSPS) is 11.4. The van der Waals surface area contributed by atoms with Gasteiger partial charge < -0.3 is 5.11 Å². The Bertz CT molecular complexity index is 799. The van der Waals surface area contributed by atoms with Crippen molar-refractivity contribution in [3.8, 4) is 0 Å². The molecular weight excluding hydrogens is 386 g/mol. The van der Waals surface area contributed by atoms with Crippen molar-refractivity contribution in [2.75, 3.05) is 4.72 Å². The van der Waals surface area contributed by atoms with Gasteiger partial charge in [0.1, 0.15) is 0 Å². The second-order valence-corrected chi connectivity index (χ2v) is 6.98. The smallest absolute Gasteiger partial charge is 0.335 e. The number of carboxylic acids is 1. The number of sulfonamides is 1. The van der Waals surface area contributed by atoms with E-state index in [4.69, 9.17) is 16.7 Å². The molecule has 0 radical (unpaired) electrons. The zero-order valence-corrected chi connectivity index (χ0v) is 13.7. The third-order valence-electron chi connectivity index (χ3n) is 2.49. The SMILES string of the molecule is Cn1ncc(Cl)c1S(=O)(=O)Nc1cc(Br)cc(C(=O)O)c1. The molecule has 1 aromatic carbocycles. The van der Waals surface area contributed by atoms with Crippen LogP contribution in [0, 0.1) is 0 Å². The summed E-state index contributed by atoms with van der Waals surface area (Å²) in [5.74, 6) is -1.17. The first-order valence-electron chi connectivity index (χ1n) is 5.45. The van der Waals surface area contributed by atoms with Gasteiger partial charge in [-0.15, -0.1) is 0 Å². The number of aromatic carboxylic acids is 1. The Balaban J connectivity index is 2.44. The zero-order chi connectivity index (χ0) is 15.8. The lowest BCUT2D eigenvalue weighted by atomic mass is 10.2. The van der Waals surface area contributed by atoms with Crippen LogP contribution in [0.4, 0.5) is 5.69 Å². The molecule has 0 saturated heterocycles. The van der Waals surface area contributed by atoms with Crippen LogP contribution in [0.1, 0.15) is 10.4 Å². The summed E-state index contributed by atoms with van der Waals surface area (Å²) in [4.78, 5) is 11.0. The highest BCUT2D eigenvalue weighted by molar-refractivity contribution is 9.10. The Morgan fingerprint density at radius 3 is 2.62 bits per heavy atom. The van der Waals surface area contributed by atoms with Crippen LogP contribution in [-0.4, -0.2) is 29.3 Å². The molecule has 21 heavy (non-hydrogen) atoms. The average molecular weight is 395 g/mol. The van der Waals surface area contributed by atoms with E-state index in [1.807, 2.05) is 0 Å². The molecule has 2 N–H and O–H groups in total. The number of hydrogen-bond acceptors (Lipinski definition) is 4. The largest absolute Gasteiger partial charge is 0.478 e. The summed E-state index contributed by atoms with van der Waals surface area (Å²) in [6.45, 7) is 0. The van der Waals surface area contributed by atoms with Crippen LogP contribution in [-0.2, 0) is 17.1 Å². The van der Waals surface area contributed by atoms with Gasteiger partial charge in [-0.3, -0.25) is 9.40 Å². The molecule has 0 fully saturated rings. The minimum atomic E-state index is -3.99. The van der Waals surface area contributed by atoms with Gasteiger partial charge in [0.15, 0.2) is 5.03 Å². The van der Waals surface area contributed by atoms with E-state index in [1.54, 1.807) is 0 Å². The lowest BCUT2D eigenvalue weighted by Crippen LogP contribution is -2.17. The second kappa shape index (κ2) is 5.66. The maximum absolute atomic E-state index is 12.3. The fourth-order valence-electron chi connectivity index (χ4n) is 1.68. The van der Waals surface area contributed by atoms with Crippen molar-refractivity contribution >= 4 is 49.2 Å². The molecule has 0 atom stereocenters. The Kier molecular flexibility index (Phi) is 4.26. The van der Waals surface area contributed by atoms with E-state index in [0.29, 0.717) is 4.47 Å². The van der Waals surface area contributed by atoms with Gasteiger partial charge in [0, 0.05) is 11.5 Å². The van der Waals surface area contributed by atoms with Gasteiger partial charge >= 0.3 is 5.97 Å². The van der Waals surface area contributed by atoms with Crippen molar-refractivity contribution in [1.29, 1.82) is 0 Å². The highest BCUT2D eigenvalue weighted by Crippen LogP contribution is 2.25. The van der Waals surface area contributed by atoms with E-state index in [0.717, 1.165) is 4.68 Å². The summed E-state index contributed by atoms with van der Waals surface area (Å²) in [6, 6.07) is 4.00. The number of aryl methyl sites for hydroxylation is 1. The highest BCUT2D eigenvalue weighted by atomic mass is 79.9. The van der Waals surface area contributed by atoms with E-state index in [1.165, 1.54) is 31.4 Å². The predicted octanol–water partition coefficient (Wildman–Crippen LogP) is 2.33. The molecule has 0 saturated carbocycles. The van der Waals surface area contributed by atoms with Gasteiger partial charge in [0.2, 0.25) is 0 Å². The summed E-state index contributed by atoms with van der Waals surface area (Å²) in [6.07, 6.45) is 1.21. The third kappa shape index (κ3) is 3.36. The molecule has 1 aromatic heterocycles. The Labute approximate surface area is 133 Å². The number of nitrogens with zero attached hydrogens (tertiary/aromatic N) is 2. The molecule has 1 heterocycles. The number of rotatable bonds is 4. The van der Waals surface area contributed by atoms with Gasteiger partial charge in [-0.2, -0.15) is 13.5 Å². The summed E-state index contributed by atoms with van der Waals surface area (Å²) in [7, 11) is -2.55. The Hall–Kier alpha value is -1.58. The topological polar surface area (TPSA) is 101 Å². The summed E-state index contributed by atoms with van der Waals surface area (Å²) < 4.78 is 28.4. The van der Waals surface area contributed by atoms with Crippen molar-refractivity contribution in [2.24, 2.45) is 7.05 Å². The van der Waals surface area contributed by atoms with Crippen LogP contribution in [0.5, 0.6) is 0 Å². The maximum Gasteiger partial charge on any atom is 0.335 e. The van der Waals surface area contributed by atoms with Crippen LogP contribution < -0.4 is 4.72 Å². The summed E-state index contributed by atoms with van der Waals surface area (Å²) in [5, 5.41) is 12.5. The van der Waals surface area contributed by atoms with E-state index < -0.39 is 16.0 Å². The molecule has 10 heteroatoms. The van der Waals surface area contributed by atoms with Gasteiger partial charge in [0.05, 0.1) is 22.5 Å². The fourth-order valence-corrected chi connectivity index (χ4v) is 3.87. The number of anilines is 1. The van der Waals surface area contributed by atoms with Gasteiger partial charge in [-0.05, 0) is 18.2 Å². The molecule has 0 aliphatic heterocycles. The van der Waals surface area contributed by atoms with E-state index >= 15 is 0 Å². The van der Waals surface area contributed by atoms with Crippen molar-refractivity contribution in [2.45, 2.75) is 5.03 Å². The van der Waals surface area contributed by atoms with Crippen molar-refractivity contribution in [3.63, 3.8) is 0 Å².